The molecule has 1 aromatic carbocycles. The lowest BCUT2D eigenvalue weighted by molar-refractivity contribution is 0.182. The molecule has 0 radical (unpaired) electrons. The van der Waals surface area contributed by atoms with Crippen LogP contribution in [-0.2, 0) is 12.8 Å². The molecule has 0 aliphatic carbocycles. The fourth-order valence-corrected chi connectivity index (χ4v) is 2.90. The SMILES string of the molecule is CCc1ccc(C(O)Cc2ccc(F)cc2C)s1. The maximum atomic E-state index is 13.0. The van der Waals surface area contributed by atoms with Crippen molar-refractivity contribution in [2.24, 2.45) is 0 Å². The quantitative estimate of drug-likeness (QED) is 0.883. The number of aliphatic hydroxyl groups excluding tert-OH is 1. The summed E-state index contributed by atoms with van der Waals surface area (Å²) < 4.78 is 13.0. The van der Waals surface area contributed by atoms with Crippen molar-refractivity contribution in [3.8, 4) is 0 Å². The van der Waals surface area contributed by atoms with Crippen LogP contribution in [0, 0.1) is 12.7 Å². The van der Waals surface area contributed by atoms with E-state index in [0.717, 1.165) is 22.4 Å². The first-order valence-corrected chi connectivity index (χ1v) is 6.93. The van der Waals surface area contributed by atoms with Crippen LogP contribution in [0.1, 0.15) is 33.9 Å². The Balaban J connectivity index is 2.13. The fraction of sp³-hybridized carbons (Fsp3) is 0.333. The van der Waals surface area contributed by atoms with Crippen LogP contribution in [-0.4, -0.2) is 5.11 Å². The zero-order chi connectivity index (χ0) is 13.1. The largest absolute Gasteiger partial charge is 0.387 e. The summed E-state index contributed by atoms with van der Waals surface area (Å²) in [5.74, 6) is -0.227. The molecule has 0 aliphatic rings. The molecule has 1 atom stereocenters. The van der Waals surface area contributed by atoms with Gasteiger partial charge in [0.1, 0.15) is 5.82 Å². The lowest BCUT2D eigenvalue weighted by Gasteiger charge is -2.11. The lowest BCUT2D eigenvalue weighted by Crippen LogP contribution is -2.01. The molecule has 1 aromatic heterocycles. The van der Waals surface area contributed by atoms with Crippen LogP contribution in [0.15, 0.2) is 30.3 Å². The number of thiophene rings is 1. The van der Waals surface area contributed by atoms with Crippen molar-refractivity contribution in [2.75, 3.05) is 0 Å². The molecule has 2 rings (SSSR count). The Morgan fingerprint density at radius 1 is 1.28 bits per heavy atom. The molecule has 1 nitrogen and oxygen atoms in total. The van der Waals surface area contributed by atoms with Crippen LogP contribution in [0.5, 0.6) is 0 Å². The number of benzene rings is 1. The molecule has 0 fully saturated rings. The lowest BCUT2D eigenvalue weighted by atomic mass is 10.0. The van der Waals surface area contributed by atoms with E-state index in [0.29, 0.717) is 6.42 Å². The molecule has 0 saturated carbocycles. The minimum atomic E-state index is -0.500. The van der Waals surface area contributed by atoms with E-state index in [4.69, 9.17) is 0 Å². The highest BCUT2D eigenvalue weighted by atomic mass is 32.1. The molecule has 0 spiro atoms. The molecule has 96 valence electrons. The van der Waals surface area contributed by atoms with Crippen molar-refractivity contribution >= 4 is 11.3 Å². The minimum absolute atomic E-state index is 0.227. The van der Waals surface area contributed by atoms with Gasteiger partial charge in [-0.15, -0.1) is 11.3 Å². The highest BCUT2D eigenvalue weighted by molar-refractivity contribution is 7.12. The number of halogens is 1. The minimum Gasteiger partial charge on any atom is -0.387 e. The molecule has 1 unspecified atom stereocenters. The maximum Gasteiger partial charge on any atom is 0.123 e. The Hall–Kier alpha value is -1.19. The summed E-state index contributed by atoms with van der Waals surface area (Å²) in [4.78, 5) is 2.26. The number of hydrogen-bond donors (Lipinski definition) is 1. The van der Waals surface area contributed by atoms with Gasteiger partial charge in [0.15, 0.2) is 0 Å². The first-order chi connectivity index (χ1) is 8.60. The average molecular weight is 264 g/mol. The Kier molecular flexibility index (Phi) is 4.15. The molecule has 18 heavy (non-hydrogen) atoms. The molecular weight excluding hydrogens is 247 g/mol. The molecule has 0 saturated heterocycles. The van der Waals surface area contributed by atoms with Crippen molar-refractivity contribution in [2.45, 2.75) is 32.8 Å². The van der Waals surface area contributed by atoms with Gasteiger partial charge >= 0.3 is 0 Å². The molecule has 0 bridgehead atoms. The number of rotatable bonds is 4. The summed E-state index contributed by atoms with van der Waals surface area (Å²) in [5.41, 5.74) is 1.89. The zero-order valence-electron chi connectivity index (χ0n) is 10.6. The van der Waals surface area contributed by atoms with E-state index in [-0.39, 0.29) is 5.82 Å². The van der Waals surface area contributed by atoms with Crippen LogP contribution in [0.25, 0.3) is 0 Å². The Morgan fingerprint density at radius 3 is 2.67 bits per heavy atom. The van der Waals surface area contributed by atoms with E-state index >= 15 is 0 Å². The standard InChI is InChI=1S/C15H17FOS/c1-3-13-6-7-15(18-13)14(17)9-11-4-5-12(16)8-10(11)2/h4-8,14,17H,3,9H2,1-2H3. The molecule has 1 N–H and O–H groups in total. The first-order valence-electron chi connectivity index (χ1n) is 6.12. The monoisotopic (exact) mass is 264 g/mol. The second-order valence-corrected chi connectivity index (χ2v) is 5.65. The Labute approximate surface area is 111 Å². The third kappa shape index (κ3) is 2.98. The highest BCUT2D eigenvalue weighted by Gasteiger charge is 2.12. The smallest absolute Gasteiger partial charge is 0.123 e. The summed E-state index contributed by atoms with van der Waals surface area (Å²) in [6.45, 7) is 3.98. The molecule has 0 aliphatic heterocycles. The second-order valence-electron chi connectivity index (χ2n) is 4.45. The van der Waals surface area contributed by atoms with Crippen molar-refractivity contribution in [1.29, 1.82) is 0 Å². The fourth-order valence-electron chi connectivity index (χ4n) is 1.96. The van der Waals surface area contributed by atoms with Crippen molar-refractivity contribution in [3.05, 3.63) is 57.0 Å². The van der Waals surface area contributed by atoms with E-state index in [1.54, 1.807) is 17.4 Å². The van der Waals surface area contributed by atoms with E-state index in [2.05, 4.69) is 13.0 Å². The van der Waals surface area contributed by atoms with Crippen LogP contribution >= 0.6 is 11.3 Å². The van der Waals surface area contributed by atoms with Gasteiger partial charge in [-0.05, 0) is 48.7 Å². The molecule has 2 aromatic rings. The Bertz CT molecular complexity index is 533. The van der Waals surface area contributed by atoms with E-state index in [1.165, 1.54) is 17.0 Å². The van der Waals surface area contributed by atoms with E-state index in [9.17, 15) is 9.50 Å². The van der Waals surface area contributed by atoms with Gasteiger partial charge in [-0.25, -0.2) is 4.39 Å². The summed E-state index contributed by atoms with van der Waals surface area (Å²) in [6, 6.07) is 8.74. The molecular formula is C15H17FOS. The van der Waals surface area contributed by atoms with Crippen molar-refractivity contribution in [1.82, 2.24) is 0 Å². The van der Waals surface area contributed by atoms with E-state index < -0.39 is 6.10 Å². The zero-order valence-corrected chi connectivity index (χ0v) is 11.4. The van der Waals surface area contributed by atoms with Gasteiger partial charge in [-0.1, -0.05) is 13.0 Å². The summed E-state index contributed by atoms with van der Waals surface area (Å²) in [6.07, 6.45) is 1.03. The second kappa shape index (κ2) is 5.63. The number of hydrogen-bond acceptors (Lipinski definition) is 2. The number of aliphatic hydroxyl groups is 1. The number of aryl methyl sites for hydroxylation is 2. The summed E-state index contributed by atoms with van der Waals surface area (Å²) in [7, 11) is 0. The third-order valence-electron chi connectivity index (χ3n) is 3.08. The normalized spacial score (nSPS) is 12.7. The van der Waals surface area contributed by atoms with Crippen LogP contribution in [0.2, 0.25) is 0 Å². The molecule has 3 heteroatoms. The van der Waals surface area contributed by atoms with Crippen molar-refractivity contribution in [3.63, 3.8) is 0 Å². The maximum absolute atomic E-state index is 13.0. The van der Waals surface area contributed by atoms with Gasteiger partial charge < -0.3 is 5.11 Å². The van der Waals surface area contributed by atoms with Gasteiger partial charge in [-0.3, -0.25) is 0 Å². The summed E-state index contributed by atoms with van der Waals surface area (Å²) in [5, 5.41) is 10.2. The Morgan fingerprint density at radius 2 is 2.06 bits per heavy atom. The van der Waals surface area contributed by atoms with Crippen molar-refractivity contribution < 1.29 is 9.50 Å². The highest BCUT2D eigenvalue weighted by Crippen LogP contribution is 2.27. The van der Waals surface area contributed by atoms with Gasteiger partial charge in [0.2, 0.25) is 0 Å². The first kappa shape index (κ1) is 13.2. The predicted octanol–water partition coefficient (Wildman–Crippen LogP) is 4.03. The van der Waals surface area contributed by atoms with Gasteiger partial charge in [-0.2, -0.15) is 0 Å². The van der Waals surface area contributed by atoms with Gasteiger partial charge in [0, 0.05) is 16.2 Å². The van der Waals surface area contributed by atoms with Gasteiger partial charge in [0.05, 0.1) is 6.10 Å². The predicted molar refractivity (Wildman–Crippen MR) is 73.5 cm³/mol. The van der Waals surface area contributed by atoms with E-state index in [1.807, 2.05) is 13.0 Å². The molecule has 0 amide bonds. The summed E-state index contributed by atoms with van der Waals surface area (Å²) >= 11 is 1.65. The third-order valence-corrected chi connectivity index (χ3v) is 4.41. The average Bonchev–Trinajstić information content (AvgIpc) is 2.81. The van der Waals surface area contributed by atoms with Gasteiger partial charge in [0.25, 0.3) is 0 Å². The topological polar surface area (TPSA) is 20.2 Å². The molecule has 1 heterocycles. The van der Waals surface area contributed by atoms with Crippen LogP contribution in [0.4, 0.5) is 4.39 Å². The van der Waals surface area contributed by atoms with Crippen LogP contribution in [0.3, 0.4) is 0 Å². The van der Waals surface area contributed by atoms with Crippen LogP contribution < -0.4 is 0 Å².